The maximum Gasteiger partial charge on any atom is 0.242 e. The number of thioether (sulfide) groups is 1. The molecule has 140 valence electrons. The minimum atomic E-state index is -0.628. The van der Waals surface area contributed by atoms with Crippen molar-refractivity contribution in [2.45, 2.75) is 31.3 Å². The third kappa shape index (κ3) is 3.42. The Labute approximate surface area is 168 Å². The molecule has 1 aromatic rings. The van der Waals surface area contributed by atoms with Gasteiger partial charge in [-0.05, 0) is 30.4 Å². The maximum atomic E-state index is 13.3. The smallest absolute Gasteiger partial charge is 0.242 e. The quantitative estimate of drug-likeness (QED) is 0.781. The molecule has 1 unspecified atom stereocenters. The standard InChI is InChI=1S/C20H21N3O2S2/c21-8-15-10-27-11-23(15)20(25)18-17(16(26)9-22-18)19(24)14-6-5-12-3-1-2-4-13(12)7-14/h1-4,14-15,17-18,22H,5-7,9-11H2/t14-,15+,17?,18-/m0/s1. The van der Waals surface area contributed by atoms with Crippen LogP contribution >= 0.6 is 24.0 Å². The first kappa shape index (κ1) is 18.6. The van der Waals surface area contributed by atoms with E-state index in [1.807, 2.05) is 12.1 Å². The van der Waals surface area contributed by atoms with Crippen LogP contribution in [0.25, 0.3) is 0 Å². The van der Waals surface area contributed by atoms with Crippen LogP contribution in [0, 0.1) is 23.2 Å². The number of nitrogens with zero attached hydrogens (tertiary/aromatic N) is 2. The lowest BCUT2D eigenvalue weighted by atomic mass is 9.76. The lowest BCUT2D eigenvalue weighted by Crippen LogP contribution is -2.51. The van der Waals surface area contributed by atoms with Crippen molar-refractivity contribution in [1.82, 2.24) is 10.2 Å². The van der Waals surface area contributed by atoms with Crippen LogP contribution in [0.5, 0.6) is 0 Å². The SMILES string of the molecule is N#C[C@@H]1CSCN1C(=O)[C@H]1NCC(=S)C1C(=O)[C@H]1CCc2ccccc2C1. The molecule has 0 spiro atoms. The zero-order chi connectivity index (χ0) is 19.0. The summed E-state index contributed by atoms with van der Waals surface area (Å²) in [4.78, 5) is 28.6. The lowest BCUT2D eigenvalue weighted by Gasteiger charge is -2.29. The van der Waals surface area contributed by atoms with Crippen LogP contribution < -0.4 is 5.32 Å². The molecule has 2 saturated heterocycles. The van der Waals surface area contributed by atoms with Crippen LogP contribution in [-0.4, -0.2) is 51.7 Å². The predicted octanol–water partition coefficient (Wildman–Crippen LogP) is 1.74. The minimum absolute atomic E-state index is 0.0817. The molecule has 0 radical (unpaired) electrons. The number of fused-ring (bicyclic) bond motifs is 1. The molecule has 0 aromatic heterocycles. The van der Waals surface area contributed by atoms with Crippen molar-refractivity contribution >= 4 is 40.5 Å². The highest BCUT2D eigenvalue weighted by Gasteiger charge is 2.46. The first-order chi connectivity index (χ1) is 13.1. The molecule has 7 heteroatoms. The van der Waals surface area contributed by atoms with Crippen LogP contribution in [0.15, 0.2) is 24.3 Å². The van der Waals surface area contributed by atoms with Crippen LogP contribution in [0.1, 0.15) is 17.5 Å². The molecule has 1 aliphatic carbocycles. The van der Waals surface area contributed by atoms with E-state index in [0.29, 0.717) is 23.0 Å². The Balaban J connectivity index is 1.53. The Morgan fingerprint density at radius 2 is 2.07 bits per heavy atom. The second-order valence-electron chi connectivity index (χ2n) is 7.37. The monoisotopic (exact) mass is 399 g/mol. The minimum Gasteiger partial charge on any atom is -0.315 e. The molecule has 1 amide bonds. The first-order valence-electron chi connectivity index (χ1n) is 9.24. The van der Waals surface area contributed by atoms with Crippen LogP contribution in [0.3, 0.4) is 0 Å². The number of carbonyl (C=O) groups excluding carboxylic acids is 2. The van der Waals surface area contributed by atoms with Gasteiger partial charge in [-0.25, -0.2) is 0 Å². The third-order valence-electron chi connectivity index (χ3n) is 5.81. The van der Waals surface area contributed by atoms with Crippen molar-refractivity contribution in [3.63, 3.8) is 0 Å². The van der Waals surface area contributed by atoms with Gasteiger partial charge < -0.3 is 10.2 Å². The molecule has 2 fully saturated rings. The Morgan fingerprint density at radius 3 is 2.85 bits per heavy atom. The van der Waals surface area contributed by atoms with Gasteiger partial charge in [0.05, 0.1) is 17.9 Å². The van der Waals surface area contributed by atoms with E-state index in [9.17, 15) is 14.9 Å². The van der Waals surface area contributed by atoms with Gasteiger partial charge in [-0.2, -0.15) is 5.26 Å². The van der Waals surface area contributed by atoms with Gasteiger partial charge >= 0.3 is 0 Å². The topological polar surface area (TPSA) is 73.2 Å². The van der Waals surface area contributed by atoms with Crippen molar-refractivity contribution in [3.05, 3.63) is 35.4 Å². The first-order valence-corrected chi connectivity index (χ1v) is 10.8. The molecule has 1 aromatic carbocycles. The number of benzene rings is 1. The number of Topliss-reactive ketones (excluding diaryl/α,β-unsaturated/α-hetero) is 1. The van der Waals surface area contributed by atoms with E-state index in [2.05, 4.69) is 23.5 Å². The van der Waals surface area contributed by atoms with Crippen LogP contribution in [0.4, 0.5) is 0 Å². The molecule has 2 heterocycles. The third-order valence-corrected chi connectivity index (χ3v) is 7.22. The number of amides is 1. The van der Waals surface area contributed by atoms with Gasteiger partial charge in [0.1, 0.15) is 17.9 Å². The van der Waals surface area contributed by atoms with Crippen molar-refractivity contribution in [1.29, 1.82) is 5.26 Å². The van der Waals surface area contributed by atoms with Gasteiger partial charge in [0, 0.05) is 23.1 Å². The van der Waals surface area contributed by atoms with E-state index in [1.165, 1.54) is 11.1 Å². The lowest BCUT2D eigenvalue weighted by molar-refractivity contribution is -0.137. The summed E-state index contributed by atoms with van der Waals surface area (Å²) in [6.45, 7) is 0.406. The summed E-state index contributed by atoms with van der Waals surface area (Å²) >= 11 is 7.04. The number of carbonyl (C=O) groups is 2. The summed E-state index contributed by atoms with van der Waals surface area (Å²) in [5, 5.41) is 12.4. The molecular formula is C20H21N3O2S2. The molecule has 2 aliphatic heterocycles. The van der Waals surface area contributed by atoms with E-state index < -0.39 is 18.0 Å². The highest BCUT2D eigenvalue weighted by molar-refractivity contribution is 7.99. The summed E-state index contributed by atoms with van der Waals surface area (Å²) in [7, 11) is 0. The highest BCUT2D eigenvalue weighted by atomic mass is 32.2. The van der Waals surface area contributed by atoms with E-state index in [1.54, 1.807) is 16.7 Å². The molecule has 5 nitrogen and oxygen atoms in total. The zero-order valence-corrected chi connectivity index (χ0v) is 16.5. The zero-order valence-electron chi connectivity index (χ0n) is 14.9. The number of hydrogen-bond donors (Lipinski definition) is 1. The summed E-state index contributed by atoms with van der Waals surface area (Å²) in [5.41, 5.74) is 2.54. The average Bonchev–Trinajstić information content (AvgIpc) is 3.33. The fourth-order valence-electron chi connectivity index (χ4n) is 4.32. The summed E-state index contributed by atoms with van der Waals surface area (Å²) < 4.78 is 0. The van der Waals surface area contributed by atoms with Gasteiger partial charge in [0.25, 0.3) is 0 Å². The van der Waals surface area contributed by atoms with Gasteiger partial charge in [0.2, 0.25) is 5.91 Å². The predicted molar refractivity (Wildman–Crippen MR) is 108 cm³/mol. The van der Waals surface area contributed by atoms with Gasteiger partial charge in [-0.1, -0.05) is 36.5 Å². The molecule has 4 atom stereocenters. The van der Waals surface area contributed by atoms with Crippen molar-refractivity contribution in [3.8, 4) is 6.07 Å². The van der Waals surface area contributed by atoms with Gasteiger partial charge in [-0.15, -0.1) is 11.8 Å². The fourth-order valence-corrected chi connectivity index (χ4v) is 5.74. The summed E-state index contributed by atoms with van der Waals surface area (Å²) in [5.74, 6) is 0.376. The van der Waals surface area contributed by atoms with Crippen molar-refractivity contribution < 1.29 is 9.59 Å². The Kier molecular flexibility index (Phi) is 5.31. The van der Waals surface area contributed by atoms with Crippen molar-refractivity contribution in [2.24, 2.45) is 11.8 Å². The molecular weight excluding hydrogens is 378 g/mol. The Hall–Kier alpha value is -1.75. The molecule has 27 heavy (non-hydrogen) atoms. The van der Waals surface area contributed by atoms with E-state index >= 15 is 0 Å². The van der Waals surface area contributed by atoms with E-state index in [-0.39, 0.29) is 17.6 Å². The number of rotatable bonds is 3. The maximum absolute atomic E-state index is 13.3. The number of thiocarbonyl (C=S) groups is 1. The Morgan fingerprint density at radius 1 is 1.30 bits per heavy atom. The van der Waals surface area contributed by atoms with Crippen LogP contribution in [-0.2, 0) is 22.4 Å². The van der Waals surface area contributed by atoms with E-state index in [4.69, 9.17) is 12.2 Å². The molecule has 0 saturated carbocycles. The largest absolute Gasteiger partial charge is 0.315 e. The Bertz CT molecular complexity index is 835. The number of nitrogens with one attached hydrogen (secondary N) is 1. The average molecular weight is 400 g/mol. The normalized spacial score (nSPS) is 30.0. The van der Waals surface area contributed by atoms with Crippen LogP contribution in [0.2, 0.25) is 0 Å². The van der Waals surface area contributed by atoms with Crippen molar-refractivity contribution in [2.75, 3.05) is 18.2 Å². The van der Waals surface area contributed by atoms with Gasteiger partial charge in [0.15, 0.2) is 0 Å². The fraction of sp³-hybridized carbons (Fsp3) is 0.500. The summed E-state index contributed by atoms with van der Waals surface area (Å²) in [6, 6.07) is 9.39. The highest BCUT2D eigenvalue weighted by Crippen LogP contribution is 2.31. The second kappa shape index (κ2) is 7.70. The molecule has 4 rings (SSSR count). The number of hydrogen-bond acceptors (Lipinski definition) is 6. The molecule has 0 bridgehead atoms. The van der Waals surface area contributed by atoms with Gasteiger partial charge in [-0.3, -0.25) is 9.59 Å². The molecule has 3 aliphatic rings. The number of nitriles is 1. The van der Waals surface area contributed by atoms with E-state index in [0.717, 1.165) is 19.3 Å². The number of aryl methyl sites for hydroxylation is 1. The number of ketones is 1. The molecule has 1 N–H and O–H groups in total. The summed E-state index contributed by atoms with van der Waals surface area (Å²) in [6.07, 6.45) is 2.41. The second-order valence-corrected chi connectivity index (χ2v) is 8.89.